The number of rotatable bonds is 8. The summed E-state index contributed by atoms with van der Waals surface area (Å²) in [5, 5.41) is 8.59. The van der Waals surface area contributed by atoms with E-state index in [0.29, 0.717) is 32.2 Å². The lowest BCUT2D eigenvalue weighted by Crippen LogP contribution is -2.29. The summed E-state index contributed by atoms with van der Waals surface area (Å²) in [7, 11) is 0. The summed E-state index contributed by atoms with van der Waals surface area (Å²) in [6.07, 6.45) is 15.8. The van der Waals surface area contributed by atoms with E-state index >= 15 is 0 Å². The topological polar surface area (TPSA) is 91.2 Å². The Kier molecular flexibility index (Phi) is 12.6. The highest BCUT2D eigenvalue weighted by Gasteiger charge is 2.24. The maximum atomic E-state index is 12.7. The molecule has 1 aliphatic rings. The standard InChI is InChI=1S/C28H43N3O4/c1-5-7-11-25-20-31(30-29-25)19-24-17-21(3)13-14-26(33)22(4)18-23(15-16-32)10-8-9-12-28(34)35-27(24)6-2/h13-14,16-17,20,22-24,27H,5-12,15,18-19H2,1-4H3/b14-13+,21-17+/t22-,23+,24?,27?/m1/s1. The summed E-state index contributed by atoms with van der Waals surface area (Å²) in [5.74, 6) is -0.177. The van der Waals surface area contributed by atoms with Gasteiger partial charge >= 0.3 is 5.97 Å². The minimum absolute atomic E-state index is 0.0765. The van der Waals surface area contributed by atoms with Crippen LogP contribution in [0.15, 0.2) is 30.0 Å². The van der Waals surface area contributed by atoms with Crippen molar-refractivity contribution in [3.63, 3.8) is 0 Å². The fourth-order valence-electron chi connectivity index (χ4n) is 4.65. The van der Waals surface area contributed by atoms with Crippen molar-refractivity contribution in [2.75, 3.05) is 0 Å². The monoisotopic (exact) mass is 485 g/mol. The van der Waals surface area contributed by atoms with Crippen LogP contribution in [0, 0.1) is 17.8 Å². The highest BCUT2D eigenvalue weighted by molar-refractivity contribution is 5.91. The SMILES string of the molecule is CCCCc1cn(CC2/C=C(C)/C=C/C(=O)[C@H](C)C[C@H](CC=O)CCCCC(=O)OC2CC)nn1. The van der Waals surface area contributed by atoms with Crippen LogP contribution in [-0.4, -0.2) is 39.1 Å². The molecule has 1 aromatic heterocycles. The number of hydrogen-bond acceptors (Lipinski definition) is 6. The molecule has 194 valence electrons. The van der Waals surface area contributed by atoms with E-state index in [2.05, 4.69) is 23.3 Å². The van der Waals surface area contributed by atoms with Crippen LogP contribution < -0.4 is 0 Å². The van der Waals surface area contributed by atoms with Gasteiger partial charge in [0.1, 0.15) is 12.4 Å². The number of aldehydes is 1. The molecule has 4 atom stereocenters. The molecule has 2 unspecified atom stereocenters. The van der Waals surface area contributed by atoms with E-state index in [4.69, 9.17) is 4.74 Å². The molecule has 0 saturated heterocycles. The lowest BCUT2D eigenvalue weighted by molar-refractivity contribution is -0.151. The highest BCUT2D eigenvalue weighted by Crippen LogP contribution is 2.24. The molecule has 2 heterocycles. The van der Waals surface area contributed by atoms with Crippen molar-refractivity contribution >= 4 is 18.0 Å². The predicted octanol–water partition coefficient (Wildman–Crippen LogP) is 5.44. The number of ketones is 1. The maximum Gasteiger partial charge on any atom is 0.306 e. The molecule has 0 radical (unpaired) electrons. The Bertz CT molecular complexity index is 873. The number of hydrogen-bond donors (Lipinski definition) is 0. The molecule has 2 rings (SSSR count). The molecule has 0 amide bonds. The van der Waals surface area contributed by atoms with Gasteiger partial charge in [-0.15, -0.1) is 5.10 Å². The molecule has 0 aromatic carbocycles. The number of cyclic esters (lactones) is 1. The van der Waals surface area contributed by atoms with Crippen molar-refractivity contribution in [3.8, 4) is 0 Å². The molecule has 0 bridgehead atoms. The normalized spacial score (nSPS) is 27.6. The van der Waals surface area contributed by atoms with Gasteiger partial charge in [-0.1, -0.05) is 56.6 Å². The smallest absolute Gasteiger partial charge is 0.306 e. The molecule has 0 saturated carbocycles. The van der Waals surface area contributed by atoms with Crippen LogP contribution in [0.3, 0.4) is 0 Å². The van der Waals surface area contributed by atoms with Gasteiger partial charge in [0.2, 0.25) is 0 Å². The highest BCUT2D eigenvalue weighted by atomic mass is 16.5. The van der Waals surface area contributed by atoms with Gasteiger partial charge in [0.15, 0.2) is 5.78 Å². The third kappa shape index (κ3) is 10.3. The van der Waals surface area contributed by atoms with Crippen LogP contribution in [0.5, 0.6) is 0 Å². The average molecular weight is 486 g/mol. The number of allylic oxidation sites excluding steroid dienone is 3. The fourth-order valence-corrected chi connectivity index (χ4v) is 4.65. The fraction of sp³-hybridized carbons (Fsp3) is 0.679. The van der Waals surface area contributed by atoms with Crippen LogP contribution in [0.2, 0.25) is 0 Å². The van der Waals surface area contributed by atoms with Gasteiger partial charge in [0, 0.05) is 30.9 Å². The molecule has 7 nitrogen and oxygen atoms in total. The van der Waals surface area contributed by atoms with Gasteiger partial charge in [-0.2, -0.15) is 0 Å². The van der Waals surface area contributed by atoms with Crippen LogP contribution in [0.4, 0.5) is 0 Å². The van der Waals surface area contributed by atoms with Gasteiger partial charge in [0.05, 0.1) is 12.2 Å². The van der Waals surface area contributed by atoms with E-state index in [-0.39, 0.29) is 35.6 Å². The number of unbranched alkanes of at least 4 members (excludes halogenated alkanes) is 1. The van der Waals surface area contributed by atoms with E-state index in [0.717, 1.165) is 56.1 Å². The van der Waals surface area contributed by atoms with E-state index in [1.165, 1.54) is 0 Å². The zero-order valence-corrected chi connectivity index (χ0v) is 21.9. The van der Waals surface area contributed by atoms with Gasteiger partial charge in [-0.3, -0.25) is 14.3 Å². The Morgan fingerprint density at radius 1 is 1.20 bits per heavy atom. The zero-order valence-electron chi connectivity index (χ0n) is 21.9. The number of aryl methyl sites for hydroxylation is 1. The molecule has 0 spiro atoms. The second-order valence-electron chi connectivity index (χ2n) is 9.93. The van der Waals surface area contributed by atoms with Crippen LogP contribution in [0.1, 0.15) is 91.2 Å². The summed E-state index contributed by atoms with van der Waals surface area (Å²) < 4.78 is 7.76. The summed E-state index contributed by atoms with van der Waals surface area (Å²) in [4.78, 5) is 36.5. The maximum absolute atomic E-state index is 12.7. The molecule has 1 aliphatic heterocycles. The number of esters is 1. The summed E-state index contributed by atoms with van der Waals surface area (Å²) >= 11 is 0. The summed E-state index contributed by atoms with van der Waals surface area (Å²) in [6.45, 7) is 8.61. The molecule has 1 aromatic rings. The summed E-state index contributed by atoms with van der Waals surface area (Å²) in [6, 6.07) is 0. The van der Waals surface area contributed by atoms with E-state index in [9.17, 15) is 14.4 Å². The van der Waals surface area contributed by atoms with Gasteiger partial charge in [-0.25, -0.2) is 0 Å². The van der Waals surface area contributed by atoms with Crippen molar-refractivity contribution in [1.82, 2.24) is 15.0 Å². The molecular formula is C28H43N3O4. The number of ether oxygens (including phenoxy) is 1. The lowest BCUT2D eigenvalue weighted by Gasteiger charge is -2.24. The first-order valence-corrected chi connectivity index (χ1v) is 13.3. The van der Waals surface area contributed by atoms with E-state index < -0.39 is 0 Å². The Labute approximate surface area is 210 Å². The quantitative estimate of drug-likeness (QED) is 0.360. The minimum Gasteiger partial charge on any atom is -0.462 e. The molecule has 0 N–H and O–H groups in total. The minimum atomic E-state index is -0.292. The lowest BCUT2D eigenvalue weighted by atomic mass is 9.87. The second-order valence-corrected chi connectivity index (χ2v) is 9.93. The Hall–Kier alpha value is -2.57. The van der Waals surface area contributed by atoms with Gasteiger partial charge < -0.3 is 9.53 Å². The van der Waals surface area contributed by atoms with Crippen LogP contribution in [-0.2, 0) is 32.1 Å². The predicted molar refractivity (Wildman–Crippen MR) is 137 cm³/mol. The molecule has 35 heavy (non-hydrogen) atoms. The van der Waals surface area contributed by atoms with Crippen molar-refractivity contribution in [2.45, 2.75) is 105 Å². The van der Waals surface area contributed by atoms with Crippen LogP contribution >= 0.6 is 0 Å². The first kappa shape index (κ1) is 28.7. The number of carbonyl (C=O) groups excluding carboxylic acids is 3. The molecular weight excluding hydrogens is 442 g/mol. The van der Waals surface area contributed by atoms with Gasteiger partial charge in [-0.05, 0) is 57.4 Å². The summed E-state index contributed by atoms with van der Waals surface area (Å²) in [5.41, 5.74) is 1.91. The Balaban J connectivity index is 2.27. The largest absolute Gasteiger partial charge is 0.462 e. The zero-order chi connectivity index (χ0) is 25.6. The van der Waals surface area contributed by atoms with Crippen molar-refractivity contribution in [1.29, 1.82) is 0 Å². The first-order valence-electron chi connectivity index (χ1n) is 13.3. The van der Waals surface area contributed by atoms with E-state index in [1.54, 1.807) is 6.08 Å². The number of carbonyl (C=O) groups is 3. The third-order valence-electron chi connectivity index (χ3n) is 6.77. The van der Waals surface area contributed by atoms with Crippen molar-refractivity contribution in [3.05, 3.63) is 35.7 Å². The first-order chi connectivity index (χ1) is 16.9. The Morgan fingerprint density at radius 3 is 2.71 bits per heavy atom. The average Bonchev–Trinajstić information content (AvgIpc) is 3.28. The molecule has 0 fully saturated rings. The second kappa shape index (κ2) is 15.4. The number of nitrogens with zero attached hydrogens (tertiary/aromatic N) is 3. The Morgan fingerprint density at radius 2 is 2.00 bits per heavy atom. The van der Waals surface area contributed by atoms with Crippen LogP contribution in [0.25, 0.3) is 0 Å². The van der Waals surface area contributed by atoms with E-state index in [1.807, 2.05) is 37.7 Å². The third-order valence-corrected chi connectivity index (χ3v) is 6.77. The number of aromatic nitrogens is 3. The van der Waals surface area contributed by atoms with Crippen molar-refractivity contribution in [2.24, 2.45) is 17.8 Å². The molecule has 0 aliphatic carbocycles. The van der Waals surface area contributed by atoms with Crippen molar-refractivity contribution < 1.29 is 19.1 Å². The van der Waals surface area contributed by atoms with Gasteiger partial charge in [0.25, 0.3) is 0 Å². The molecule has 7 heteroatoms.